The van der Waals surface area contributed by atoms with Gasteiger partial charge in [0.2, 0.25) is 0 Å². The highest BCUT2D eigenvalue weighted by atomic mass is 32.2. The molecule has 0 bridgehead atoms. The molecule has 1 saturated heterocycles. The third-order valence-electron chi connectivity index (χ3n) is 2.03. The summed E-state index contributed by atoms with van der Waals surface area (Å²) < 4.78 is 26.5. The molecule has 6 nitrogen and oxygen atoms in total. The Balaban J connectivity index is 2.37. The smallest absolute Gasteiger partial charge is 0.304 e. The summed E-state index contributed by atoms with van der Waals surface area (Å²) in [5.41, 5.74) is 0. The van der Waals surface area contributed by atoms with Crippen LogP contribution in [0.1, 0.15) is 19.3 Å². The number of hydrogen-bond donors (Lipinski definition) is 2. The SMILES string of the molecule is O=C(O)CCNS(=O)(=O)N1CCCC1. The first kappa shape index (κ1) is 11.4. The van der Waals surface area contributed by atoms with Crippen molar-refractivity contribution in [1.29, 1.82) is 0 Å². The maximum absolute atomic E-state index is 11.4. The molecular formula is C7H14N2O4S. The second kappa shape index (κ2) is 4.72. The van der Waals surface area contributed by atoms with Gasteiger partial charge in [-0.05, 0) is 12.8 Å². The summed E-state index contributed by atoms with van der Waals surface area (Å²) in [6.07, 6.45) is 1.56. The molecule has 0 spiro atoms. The topological polar surface area (TPSA) is 86.7 Å². The Morgan fingerprint density at radius 1 is 1.36 bits per heavy atom. The average molecular weight is 222 g/mol. The van der Waals surface area contributed by atoms with Gasteiger partial charge in [-0.3, -0.25) is 4.79 Å². The lowest BCUT2D eigenvalue weighted by atomic mass is 10.4. The summed E-state index contributed by atoms with van der Waals surface area (Å²) in [6, 6.07) is 0. The van der Waals surface area contributed by atoms with E-state index in [0.717, 1.165) is 12.8 Å². The van der Waals surface area contributed by atoms with E-state index in [0.29, 0.717) is 13.1 Å². The van der Waals surface area contributed by atoms with Gasteiger partial charge in [0.1, 0.15) is 0 Å². The van der Waals surface area contributed by atoms with E-state index in [2.05, 4.69) is 4.72 Å². The van der Waals surface area contributed by atoms with Gasteiger partial charge in [-0.15, -0.1) is 0 Å². The van der Waals surface area contributed by atoms with Gasteiger partial charge >= 0.3 is 5.97 Å². The molecular weight excluding hydrogens is 208 g/mol. The van der Waals surface area contributed by atoms with E-state index < -0.39 is 16.2 Å². The van der Waals surface area contributed by atoms with Gasteiger partial charge in [0.25, 0.3) is 10.2 Å². The predicted molar refractivity (Wildman–Crippen MR) is 50.0 cm³/mol. The first-order valence-electron chi connectivity index (χ1n) is 4.49. The van der Waals surface area contributed by atoms with Crippen LogP contribution in [0.4, 0.5) is 0 Å². The lowest BCUT2D eigenvalue weighted by Crippen LogP contribution is -2.39. The number of rotatable bonds is 5. The van der Waals surface area contributed by atoms with Crippen molar-refractivity contribution in [1.82, 2.24) is 9.03 Å². The zero-order valence-corrected chi connectivity index (χ0v) is 8.59. The highest BCUT2D eigenvalue weighted by Crippen LogP contribution is 2.10. The van der Waals surface area contributed by atoms with E-state index in [1.807, 2.05) is 0 Å². The number of carboxylic acids is 1. The average Bonchev–Trinajstić information content (AvgIpc) is 2.54. The molecule has 1 aliphatic rings. The van der Waals surface area contributed by atoms with E-state index in [1.165, 1.54) is 4.31 Å². The maximum Gasteiger partial charge on any atom is 0.304 e. The van der Waals surface area contributed by atoms with Gasteiger partial charge in [0, 0.05) is 19.6 Å². The molecule has 0 aliphatic carbocycles. The molecule has 82 valence electrons. The van der Waals surface area contributed by atoms with Gasteiger partial charge in [-0.1, -0.05) is 0 Å². The largest absolute Gasteiger partial charge is 0.481 e. The van der Waals surface area contributed by atoms with Gasteiger partial charge < -0.3 is 5.11 Å². The Kier molecular flexibility index (Phi) is 3.85. The molecule has 0 unspecified atom stereocenters. The van der Waals surface area contributed by atoms with Crippen LogP contribution in [0.15, 0.2) is 0 Å². The summed E-state index contributed by atoms with van der Waals surface area (Å²) in [4.78, 5) is 10.2. The molecule has 0 amide bonds. The van der Waals surface area contributed by atoms with Gasteiger partial charge in [-0.25, -0.2) is 4.72 Å². The number of hydrogen-bond acceptors (Lipinski definition) is 3. The van der Waals surface area contributed by atoms with Crippen LogP contribution >= 0.6 is 0 Å². The first-order chi connectivity index (χ1) is 6.52. The standard InChI is InChI=1S/C7H14N2O4S/c10-7(11)3-4-8-14(12,13)9-5-1-2-6-9/h8H,1-6H2,(H,10,11). The number of carboxylic acid groups (broad SMARTS) is 1. The number of nitrogens with zero attached hydrogens (tertiary/aromatic N) is 1. The normalized spacial score (nSPS) is 18.6. The van der Waals surface area contributed by atoms with Crippen molar-refractivity contribution in [3.63, 3.8) is 0 Å². The Bertz CT molecular complexity index is 295. The summed E-state index contributed by atoms with van der Waals surface area (Å²) in [6.45, 7) is 1.01. The van der Waals surface area contributed by atoms with Crippen molar-refractivity contribution >= 4 is 16.2 Å². The number of aliphatic carboxylic acids is 1. The molecule has 0 aromatic heterocycles. The lowest BCUT2D eigenvalue weighted by molar-refractivity contribution is -0.136. The molecule has 0 radical (unpaired) electrons. The second-order valence-corrected chi connectivity index (χ2v) is 4.90. The minimum absolute atomic E-state index is 0.0475. The van der Waals surface area contributed by atoms with Crippen molar-refractivity contribution < 1.29 is 18.3 Å². The van der Waals surface area contributed by atoms with E-state index >= 15 is 0 Å². The van der Waals surface area contributed by atoms with E-state index in [-0.39, 0.29) is 13.0 Å². The van der Waals surface area contributed by atoms with Crippen LogP contribution in [0.5, 0.6) is 0 Å². The first-order valence-corrected chi connectivity index (χ1v) is 5.93. The Morgan fingerprint density at radius 3 is 2.43 bits per heavy atom. The zero-order chi connectivity index (χ0) is 10.6. The highest BCUT2D eigenvalue weighted by Gasteiger charge is 2.24. The van der Waals surface area contributed by atoms with Crippen molar-refractivity contribution in [2.24, 2.45) is 0 Å². The van der Waals surface area contributed by atoms with E-state index in [9.17, 15) is 13.2 Å². The quantitative estimate of drug-likeness (QED) is 0.649. The molecule has 1 rings (SSSR count). The molecule has 0 aromatic rings. The van der Waals surface area contributed by atoms with Crippen LogP contribution in [0.3, 0.4) is 0 Å². The molecule has 14 heavy (non-hydrogen) atoms. The highest BCUT2D eigenvalue weighted by molar-refractivity contribution is 7.87. The molecule has 0 saturated carbocycles. The third kappa shape index (κ3) is 3.24. The Morgan fingerprint density at radius 2 is 1.93 bits per heavy atom. The van der Waals surface area contributed by atoms with Crippen LogP contribution in [0.25, 0.3) is 0 Å². The van der Waals surface area contributed by atoms with Gasteiger partial charge in [0.15, 0.2) is 0 Å². The van der Waals surface area contributed by atoms with Gasteiger partial charge in [0.05, 0.1) is 6.42 Å². The fourth-order valence-corrected chi connectivity index (χ4v) is 2.59. The molecule has 1 fully saturated rings. The molecule has 7 heteroatoms. The zero-order valence-electron chi connectivity index (χ0n) is 7.77. The van der Waals surface area contributed by atoms with Crippen molar-refractivity contribution in [2.75, 3.05) is 19.6 Å². The Labute approximate surface area is 83.1 Å². The van der Waals surface area contributed by atoms with Crippen molar-refractivity contribution in [3.8, 4) is 0 Å². The predicted octanol–water partition coefficient (Wildman–Crippen LogP) is -0.609. The van der Waals surface area contributed by atoms with Crippen molar-refractivity contribution in [2.45, 2.75) is 19.3 Å². The number of nitrogens with one attached hydrogen (secondary N) is 1. The van der Waals surface area contributed by atoms with Crippen LogP contribution in [0, 0.1) is 0 Å². The summed E-state index contributed by atoms with van der Waals surface area (Å²) in [5, 5.41) is 8.33. The van der Waals surface area contributed by atoms with E-state index in [1.54, 1.807) is 0 Å². The van der Waals surface area contributed by atoms with Gasteiger partial charge in [-0.2, -0.15) is 12.7 Å². The van der Waals surface area contributed by atoms with Crippen molar-refractivity contribution in [3.05, 3.63) is 0 Å². The molecule has 0 aromatic carbocycles. The van der Waals surface area contributed by atoms with Crippen LogP contribution in [-0.4, -0.2) is 43.4 Å². The fourth-order valence-electron chi connectivity index (χ4n) is 1.31. The number of carbonyl (C=O) groups is 1. The third-order valence-corrected chi connectivity index (χ3v) is 3.64. The lowest BCUT2D eigenvalue weighted by Gasteiger charge is -2.15. The summed E-state index contributed by atoms with van der Waals surface area (Å²) in [7, 11) is -3.44. The molecule has 0 atom stereocenters. The van der Waals surface area contributed by atoms with Crippen LogP contribution < -0.4 is 4.72 Å². The molecule has 1 heterocycles. The fraction of sp³-hybridized carbons (Fsp3) is 0.857. The summed E-state index contributed by atoms with van der Waals surface area (Å²) in [5.74, 6) is -1.01. The second-order valence-electron chi connectivity index (χ2n) is 3.15. The minimum Gasteiger partial charge on any atom is -0.481 e. The summed E-state index contributed by atoms with van der Waals surface area (Å²) >= 11 is 0. The maximum atomic E-state index is 11.4. The van der Waals surface area contributed by atoms with E-state index in [4.69, 9.17) is 5.11 Å². The molecule has 2 N–H and O–H groups in total. The monoisotopic (exact) mass is 222 g/mol. The molecule has 1 aliphatic heterocycles. The minimum atomic E-state index is -3.44. The van der Waals surface area contributed by atoms with Crippen LogP contribution in [-0.2, 0) is 15.0 Å². The van der Waals surface area contributed by atoms with Crippen LogP contribution in [0.2, 0.25) is 0 Å². The Hall–Kier alpha value is -0.660.